The number of benzene rings is 2. The van der Waals surface area contributed by atoms with Gasteiger partial charge in [-0.2, -0.15) is 8.78 Å². The molecular formula is C27H34F3N3O5. The molecule has 0 bridgehead atoms. The molecule has 0 amide bonds. The minimum Gasteiger partial charge on any atom is -0.487 e. The Bertz CT molecular complexity index is 1250. The zero-order valence-electron chi connectivity index (χ0n) is 22.4. The number of fused-ring (bicyclic) bond motifs is 1. The van der Waals surface area contributed by atoms with Crippen molar-refractivity contribution in [2.75, 3.05) is 46.0 Å². The lowest BCUT2D eigenvalue weighted by Gasteiger charge is -2.30. The number of aromatic nitrogens is 2. The van der Waals surface area contributed by atoms with E-state index in [4.69, 9.17) is 18.9 Å². The molecule has 3 rings (SSSR count). The van der Waals surface area contributed by atoms with E-state index in [0.29, 0.717) is 53.9 Å². The summed E-state index contributed by atoms with van der Waals surface area (Å²) >= 11 is 0. The van der Waals surface area contributed by atoms with Gasteiger partial charge in [-0.05, 0) is 39.8 Å². The van der Waals surface area contributed by atoms with E-state index in [9.17, 15) is 13.9 Å². The molecule has 3 aromatic rings. The van der Waals surface area contributed by atoms with E-state index >= 15 is 4.39 Å². The molecule has 1 atom stereocenters. The molecule has 0 aliphatic carbocycles. The fourth-order valence-corrected chi connectivity index (χ4v) is 3.80. The highest BCUT2D eigenvalue weighted by atomic mass is 19.3. The van der Waals surface area contributed by atoms with Crippen LogP contribution in [0.25, 0.3) is 10.9 Å². The first-order chi connectivity index (χ1) is 17.9. The van der Waals surface area contributed by atoms with Crippen LogP contribution in [0.5, 0.6) is 11.5 Å². The van der Waals surface area contributed by atoms with Crippen LogP contribution in [0.2, 0.25) is 0 Å². The summed E-state index contributed by atoms with van der Waals surface area (Å²) in [7, 11) is 3.13. The van der Waals surface area contributed by atoms with Crippen molar-refractivity contribution in [2.45, 2.75) is 45.3 Å². The number of rotatable bonds is 13. The van der Waals surface area contributed by atoms with Crippen LogP contribution in [0.1, 0.15) is 43.8 Å². The normalized spacial score (nSPS) is 13.0. The van der Waals surface area contributed by atoms with Crippen molar-refractivity contribution in [1.82, 2.24) is 9.97 Å². The Kier molecular flexibility index (Phi) is 9.40. The summed E-state index contributed by atoms with van der Waals surface area (Å²) in [5.41, 5.74) is -2.80. The lowest BCUT2D eigenvalue weighted by atomic mass is 9.91. The third-order valence-electron chi connectivity index (χ3n) is 5.92. The second-order valence-corrected chi connectivity index (χ2v) is 9.33. The zero-order chi connectivity index (χ0) is 28.1. The van der Waals surface area contributed by atoms with Gasteiger partial charge in [0.05, 0.1) is 30.3 Å². The molecule has 1 aromatic heterocycles. The van der Waals surface area contributed by atoms with Crippen molar-refractivity contribution in [1.29, 1.82) is 0 Å². The molecule has 1 heterocycles. The number of anilines is 1. The highest BCUT2D eigenvalue weighted by Gasteiger charge is 2.49. The number of nitrogens with zero attached hydrogens (tertiary/aromatic N) is 2. The van der Waals surface area contributed by atoms with Crippen LogP contribution in [0.4, 0.5) is 19.0 Å². The van der Waals surface area contributed by atoms with Crippen molar-refractivity contribution in [3.8, 4) is 11.5 Å². The standard InChI is InChI=1S/C27H34F3N3O5/c1-16(18-8-7-9-20(24(18)28)27(29,30)26(3,4)34)31-25-19-14-22(37-12-10-35-5)23(38-13-11-36-6)15-21(19)32-17(2)33-25/h7-9,14-16,34H,10-13H2,1-6H3,(H,31,32,33). The first kappa shape index (κ1) is 29.4. The summed E-state index contributed by atoms with van der Waals surface area (Å²) in [6, 6.07) is 6.37. The molecule has 0 saturated carbocycles. The maximum atomic E-state index is 15.4. The first-order valence-electron chi connectivity index (χ1n) is 12.1. The molecule has 1 unspecified atom stereocenters. The molecule has 0 spiro atoms. The van der Waals surface area contributed by atoms with E-state index in [0.717, 1.165) is 19.9 Å². The molecule has 11 heteroatoms. The molecule has 0 aliphatic rings. The second kappa shape index (κ2) is 12.1. The lowest BCUT2D eigenvalue weighted by molar-refractivity contribution is -0.170. The van der Waals surface area contributed by atoms with Gasteiger partial charge in [0.2, 0.25) is 0 Å². The van der Waals surface area contributed by atoms with Gasteiger partial charge in [0.15, 0.2) is 11.5 Å². The molecule has 0 saturated heterocycles. The highest BCUT2D eigenvalue weighted by Crippen LogP contribution is 2.42. The Morgan fingerprint density at radius 2 is 1.58 bits per heavy atom. The van der Waals surface area contributed by atoms with Crippen LogP contribution in [-0.2, 0) is 15.4 Å². The SMILES string of the molecule is COCCOc1cc2nc(C)nc(NC(C)c3cccc(C(F)(F)C(C)(C)O)c3F)c2cc1OCCOC. The van der Waals surface area contributed by atoms with Crippen molar-refractivity contribution < 1.29 is 37.2 Å². The number of aliphatic hydroxyl groups is 1. The van der Waals surface area contributed by atoms with Crippen molar-refractivity contribution in [3.05, 3.63) is 53.1 Å². The Morgan fingerprint density at radius 3 is 2.16 bits per heavy atom. The maximum Gasteiger partial charge on any atom is 0.303 e. The van der Waals surface area contributed by atoms with Crippen molar-refractivity contribution in [3.63, 3.8) is 0 Å². The largest absolute Gasteiger partial charge is 0.487 e. The summed E-state index contributed by atoms with van der Waals surface area (Å²) in [6.07, 6.45) is 0. The van der Waals surface area contributed by atoms with Gasteiger partial charge in [-0.25, -0.2) is 14.4 Å². The molecular weight excluding hydrogens is 503 g/mol. The predicted molar refractivity (Wildman–Crippen MR) is 138 cm³/mol. The number of hydrogen-bond acceptors (Lipinski definition) is 8. The van der Waals surface area contributed by atoms with Gasteiger partial charge in [-0.15, -0.1) is 0 Å². The summed E-state index contributed by atoms with van der Waals surface area (Å²) in [5.74, 6) is -3.24. The minimum absolute atomic E-state index is 0.00747. The van der Waals surface area contributed by atoms with Crippen LogP contribution in [-0.4, -0.2) is 61.3 Å². The van der Waals surface area contributed by atoms with E-state index in [1.54, 1.807) is 40.2 Å². The number of aryl methyl sites for hydroxylation is 1. The minimum atomic E-state index is -3.81. The monoisotopic (exact) mass is 537 g/mol. The second-order valence-electron chi connectivity index (χ2n) is 9.33. The van der Waals surface area contributed by atoms with Gasteiger partial charge in [0, 0.05) is 31.2 Å². The Labute approximate surface area is 220 Å². The molecule has 0 aliphatic heterocycles. The summed E-state index contributed by atoms with van der Waals surface area (Å²) in [6.45, 7) is 6.50. The van der Waals surface area contributed by atoms with E-state index in [1.165, 1.54) is 12.1 Å². The fraction of sp³-hybridized carbons (Fsp3) is 0.481. The third kappa shape index (κ3) is 6.46. The molecule has 0 fully saturated rings. The topological polar surface area (TPSA) is 95.0 Å². The smallest absolute Gasteiger partial charge is 0.303 e. The van der Waals surface area contributed by atoms with Crippen LogP contribution < -0.4 is 14.8 Å². The van der Waals surface area contributed by atoms with Gasteiger partial charge in [0.1, 0.15) is 36.3 Å². The lowest BCUT2D eigenvalue weighted by Crippen LogP contribution is -2.41. The number of hydrogen-bond donors (Lipinski definition) is 2. The third-order valence-corrected chi connectivity index (χ3v) is 5.92. The number of halogens is 3. The molecule has 2 N–H and O–H groups in total. The van der Waals surface area contributed by atoms with Crippen LogP contribution in [0.3, 0.4) is 0 Å². The van der Waals surface area contributed by atoms with Gasteiger partial charge in [-0.3, -0.25) is 0 Å². The average Bonchev–Trinajstić information content (AvgIpc) is 2.84. The van der Waals surface area contributed by atoms with Crippen LogP contribution in [0, 0.1) is 12.7 Å². The molecule has 8 nitrogen and oxygen atoms in total. The maximum absolute atomic E-state index is 15.4. The summed E-state index contributed by atoms with van der Waals surface area (Å²) in [4.78, 5) is 8.97. The van der Waals surface area contributed by atoms with E-state index < -0.39 is 28.9 Å². The van der Waals surface area contributed by atoms with Crippen molar-refractivity contribution >= 4 is 16.7 Å². The van der Waals surface area contributed by atoms with Gasteiger partial charge < -0.3 is 29.4 Å². The van der Waals surface area contributed by atoms with Gasteiger partial charge >= 0.3 is 5.92 Å². The van der Waals surface area contributed by atoms with Crippen LogP contribution >= 0.6 is 0 Å². The van der Waals surface area contributed by atoms with Crippen molar-refractivity contribution in [2.24, 2.45) is 0 Å². The Hall–Kier alpha value is -3.15. The zero-order valence-corrected chi connectivity index (χ0v) is 22.4. The number of methoxy groups -OCH3 is 2. The Morgan fingerprint density at radius 1 is 0.974 bits per heavy atom. The van der Waals surface area contributed by atoms with Gasteiger partial charge in [-0.1, -0.05) is 12.1 Å². The number of alkyl halides is 2. The van der Waals surface area contributed by atoms with Crippen LogP contribution in [0.15, 0.2) is 30.3 Å². The predicted octanol–water partition coefficient (Wildman–Crippen LogP) is 5.16. The number of nitrogens with one attached hydrogen (secondary N) is 1. The number of ether oxygens (including phenoxy) is 4. The molecule has 2 aromatic carbocycles. The highest BCUT2D eigenvalue weighted by molar-refractivity contribution is 5.92. The summed E-state index contributed by atoms with van der Waals surface area (Å²) in [5, 5.41) is 13.6. The quantitative estimate of drug-likeness (QED) is 0.289. The Balaban J connectivity index is 2.02. The summed E-state index contributed by atoms with van der Waals surface area (Å²) < 4.78 is 66.8. The van der Waals surface area contributed by atoms with E-state index in [2.05, 4.69) is 15.3 Å². The average molecular weight is 538 g/mol. The molecule has 0 radical (unpaired) electrons. The first-order valence-corrected chi connectivity index (χ1v) is 12.1. The molecule has 38 heavy (non-hydrogen) atoms. The fourth-order valence-electron chi connectivity index (χ4n) is 3.80. The molecule has 208 valence electrons. The van der Waals surface area contributed by atoms with E-state index in [-0.39, 0.29) is 12.2 Å². The van der Waals surface area contributed by atoms with Gasteiger partial charge in [0.25, 0.3) is 0 Å². The van der Waals surface area contributed by atoms with E-state index in [1.807, 2.05) is 0 Å².